The Balaban J connectivity index is 2.58. The molecule has 0 aliphatic carbocycles. The van der Waals surface area contributed by atoms with Crippen LogP contribution in [0.3, 0.4) is 0 Å². The van der Waals surface area contributed by atoms with Crippen molar-refractivity contribution >= 4 is 11.7 Å². The number of hydrogen-bond donors (Lipinski definition) is 3. The number of hydrogen-bond acceptors (Lipinski definition) is 3. The van der Waals surface area contributed by atoms with Crippen molar-refractivity contribution in [3.05, 3.63) is 24.3 Å². The van der Waals surface area contributed by atoms with Gasteiger partial charge >= 0.3 is 6.03 Å². The van der Waals surface area contributed by atoms with Gasteiger partial charge in [-0.3, -0.25) is 0 Å². The molecular weight excluding hydrogens is 280 g/mol. The first kappa shape index (κ1) is 18.3. The molecular formula is C17H28N2O3. The summed E-state index contributed by atoms with van der Waals surface area (Å²) in [4.78, 5) is 12.0. The van der Waals surface area contributed by atoms with E-state index in [1.54, 1.807) is 13.0 Å². The highest BCUT2D eigenvalue weighted by molar-refractivity contribution is 5.90. The first-order valence-corrected chi connectivity index (χ1v) is 7.68. The molecule has 0 aliphatic rings. The zero-order valence-corrected chi connectivity index (χ0v) is 14.1. The average Bonchev–Trinajstić information content (AvgIpc) is 2.36. The highest BCUT2D eigenvalue weighted by atomic mass is 16.5. The SMILES string of the molecule is CC(O)CC(C)CNC(=O)Nc1ccccc1OC(C)(C)C. The third-order valence-electron chi connectivity index (χ3n) is 2.91. The molecule has 0 heterocycles. The summed E-state index contributed by atoms with van der Waals surface area (Å²) >= 11 is 0. The average molecular weight is 308 g/mol. The van der Waals surface area contributed by atoms with Crippen LogP contribution in [-0.4, -0.2) is 29.4 Å². The van der Waals surface area contributed by atoms with Gasteiger partial charge in [-0.15, -0.1) is 0 Å². The van der Waals surface area contributed by atoms with Crippen LogP contribution < -0.4 is 15.4 Å². The van der Waals surface area contributed by atoms with Gasteiger partial charge < -0.3 is 20.5 Å². The lowest BCUT2D eigenvalue weighted by molar-refractivity contribution is 0.132. The molecule has 5 heteroatoms. The van der Waals surface area contributed by atoms with Crippen molar-refractivity contribution in [2.75, 3.05) is 11.9 Å². The van der Waals surface area contributed by atoms with E-state index in [-0.39, 0.29) is 23.7 Å². The van der Waals surface area contributed by atoms with Gasteiger partial charge in [-0.2, -0.15) is 0 Å². The van der Waals surface area contributed by atoms with E-state index in [9.17, 15) is 9.90 Å². The fourth-order valence-electron chi connectivity index (χ4n) is 2.09. The molecule has 0 aliphatic heterocycles. The van der Waals surface area contributed by atoms with Gasteiger partial charge in [0.15, 0.2) is 0 Å². The molecule has 2 unspecified atom stereocenters. The van der Waals surface area contributed by atoms with Crippen molar-refractivity contribution in [2.45, 2.75) is 52.7 Å². The summed E-state index contributed by atoms with van der Waals surface area (Å²) in [5.74, 6) is 0.856. The van der Waals surface area contributed by atoms with Gasteiger partial charge in [0.1, 0.15) is 11.4 Å². The molecule has 0 fully saturated rings. The van der Waals surface area contributed by atoms with E-state index in [2.05, 4.69) is 10.6 Å². The van der Waals surface area contributed by atoms with Gasteiger partial charge in [0, 0.05) is 6.54 Å². The van der Waals surface area contributed by atoms with Crippen LogP contribution in [0.1, 0.15) is 41.0 Å². The molecule has 22 heavy (non-hydrogen) atoms. The zero-order chi connectivity index (χ0) is 16.8. The van der Waals surface area contributed by atoms with Crippen LogP contribution in [-0.2, 0) is 0 Å². The van der Waals surface area contributed by atoms with Crippen molar-refractivity contribution in [2.24, 2.45) is 5.92 Å². The third kappa shape index (κ3) is 7.31. The summed E-state index contributed by atoms with van der Waals surface area (Å²) in [5.41, 5.74) is 0.304. The van der Waals surface area contributed by atoms with Crippen molar-refractivity contribution in [1.29, 1.82) is 0 Å². The lowest BCUT2D eigenvalue weighted by Crippen LogP contribution is -2.33. The molecule has 0 saturated carbocycles. The highest BCUT2D eigenvalue weighted by Gasteiger charge is 2.15. The quantitative estimate of drug-likeness (QED) is 0.754. The van der Waals surface area contributed by atoms with Crippen molar-refractivity contribution < 1.29 is 14.6 Å². The first-order chi connectivity index (χ1) is 10.2. The number of aliphatic hydroxyl groups is 1. The minimum atomic E-state index is -0.360. The molecule has 0 radical (unpaired) electrons. The number of anilines is 1. The summed E-state index contributed by atoms with van der Waals surface area (Å²) in [6, 6.07) is 7.08. The topological polar surface area (TPSA) is 70.6 Å². The van der Waals surface area contributed by atoms with Crippen LogP contribution >= 0.6 is 0 Å². The van der Waals surface area contributed by atoms with E-state index in [1.807, 2.05) is 45.9 Å². The highest BCUT2D eigenvalue weighted by Crippen LogP contribution is 2.27. The second-order valence-electron chi connectivity index (χ2n) is 6.74. The van der Waals surface area contributed by atoms with Crippen LogP contribution in [0.15, 0.2) is 24.3 Å². The number of benzene rings is 1. The van der Waals surface area contributed by atoms with Crippen LogP contribution in [0.2, 0.25) is 0 Å². The number of urea groups is 1. The Morgan fingerprint density at radius 1 is 1.27 bits per heavy atom. The van der Waals surface area contributed by atoms with Crippen LogP contribution in [0.25, 0.3) is 0 Å². The minimum absolute atomic E-state index is 0.215. The van der Waals surface area contributed by atoms with E-state index in [0.29, 0.717) is 24.4 Å². The molecule has 5 nitrogen and oxygen atoms in total. The first-order valence-electron chi connectivity index (χ1n) is 7.68. The number of nitrogens with one attached hydrogen (secondary N) is 2. The Hall–Kier alpha value is -1.75. The van der Waals surface area contributed by atoms with Gasteiger partial charge in [0.25, 0.3) is 0 Å². The number of rotatable bonds is 6. The van der Waals surface area contributed by atoms with Gasteiger partial charge in [0.05, 0.1) is 11.8 Å². The third-order valence-corrected chi connectivity index (χ3v) is 2.91. The summed E-state index contributed by atoms with van der Waals surface area (Å²) in [7, 11) is 0. The fraction of sp³-hybridized carbons (Fsp3) is 0.588. The molecule has 0 spiro atoms. The van der Waals surface area contributed by atoms with Gasteiger partial charge in [0.2, 0.25) is 0 Å². The second kappa shape index (κ2) is 8.03. The lowest BCUT2D eigenvalue weighted by atomic mass is 10.1. The van der Waals surface area contributed by atoms with Gasteiger partial charge in [-0.25, -0.2) is 4.79 Å². The Morgan fingerprint density at radius 2 is 1.91 bits per heavy atom. The summed E-state index contributed by atoms with van der Waals surface area (Å²) in [6.07, 6.45) is 0.296. The summed E-state index contributed by atoms with van der Waals surface area (Å²) in [5, 5.41) is 14.9. The van der Waals surface area contributed by atoms with Crippen molar-refractivity contribution in [3.8, 4) is 5.75 Å². The Kier molecular flexibility index (Phi) is 6.68. The van der Waals surface area contributed by atoms with E-state index in [0.717, 1.165) is 0 Å². The number of amides is 2. The van der Waals surface area contributed by atoms with E-state index >= 15 is 0 Å². The molecule has 1 aromatic carbocycles. The number of ether oxygens (including phenoxy) is 1. The smallest absolute Gasteiger partial charge is 0.319 e. The van der Waals surface area contributed by atoms with Crippen molar-refractivity contribution in [3.63, 3.8) is 0 Å². The number of carbonyl (C=O) groups is 1. The molecule has 0 bridgehead atoms. The standard InChI is InChI=1S/C17H28N2O3/c1-12(10-13(2)20)11-18-16(21)19-14-8-6-7-9-15(14)22-17(3,4)5/h6-9,12-13,20H,10-11H2,1-5H3,(H2,18,19,21). The normalized spacial score (nSPS) is 14.1. The summed E-state index contributed by atoms with van der Waals surface area (Å²) in [6.45, 7) is 10.1. The molecule has 3 N–H and O–H groups in total. The van der Waals surface area contributed by atoms with E-state index < -0.39 is 0 Å². The second-order valence-corrected chi connectivity index (χ2v) is 6.74. The molecule has 0 saturated heterocycles. The monoisotopic (exact) mass is 308 g/mol. The molecule has 2 atom stereocenters. The Labute approximate surface area is 133 Å². The molecule has 1 aromatic rings. The lowest BCUT2D eigenvalue weighted by Gasteiger charge is -2.23. The van der Waals surface area contributed by atoms with Gasteiger partial charge in [-0.1, -0.05) is 19.1 Å². The Bertz CT molecular complexity index is 481. The molecule has 124 valence electrons. The maximum absolute atomic E-state index is 12.0. The van der Waals surface area contributed by atoms with E-state index in [4.69, 9.17) is 4.74 Å². The number of carbonyl (C=O) groups excluding carboxylic acids is 1. The van der Waals surface area contributed by atoms with Crippen LogP contribution in [0, 0.1) is 5.92 Å². The minimum Gasteiger partial charge on any atom is -0.486 e. The largest absolute Gasteiger partial charge is 0.486 e. The molecule has 0 aromatic heterocycles. The summed E-state index contributed by atoms with van der Waals surface area (Å²) < 4.78 is 5.84. The van der Waals surface area contributed by atoms with Crippen LogP contribution in [0.4, 0.5) is 10.5 Å². The molecule has 2 amide bonds. The van der Waals surface area contributed by atoms with E-state index in [1.165, 1.54) is 0 Å². The van der Waals surface area contributed by atoms with Crippen LogP contribution in [0.5, 0.6) is 5.75 Å². The maximum Gasteiger partial charge on any atom is 0.319 e. The predicted molar refractivity (Wildman–Crippen MR) is 89.3 cm³/mol. The fourth-order valence-corrected chi connectivity index (χ4v) is 2.09. The zero-order valence-electron chi connectivity index (χ0n) is 14.1. The molecule has 1 rings (SSSR count). The maximum atomic E-state index is 12.0. The predicted octanol–water partition coefficient (Wildman–Crippen LogP) is 3.39. The number of para-hydroxylation sites is 2. The van der Waals surface area contributed by atoms with Crippen molar-refractivity contribution in [1.82, 2.24) is 5.32 Å². The Morgan fingerprint density at radius 3 is 2.50 bits per heavy atom. The van der Waals surface area contributed by atoms with Gasteiger partial charge in [-0.05, 0) is 52.2 Å². The number of aliphatic hydroxyl groups excluding tert-OH is 1.